The highest BCUT2D eigenvalue weighted by Crippen LogP contribution is 2.19. The Bertz CT molecular complexity index is 833. The first kappa shape index (κ1) is 13.1. The Morgan fingerprint density at radius 1 is 1.14 bits per heavy atom. The van der Waals surface area contributed by atoms with Crippen LogP contribution in [-0.4, -0.2) is 16.0 Å². The number of carbonyl (C=O) groups excluding carboxylic acids is 1. The molecule has 0 aliphatic heterocycles. The molecule has 0 aliphatic carbocycles. The maximum absolute atomic E-state index is 13.6. The zero-order chi connectivity index (χ0) is 14.8. The minimum absolute atomic E-state index is 0.138. The van der Waals surface area contributed by atoms with Gasteiger partial charge < -0.3 is 10.4 Å². The average Bonchev–Trinajstić information content (AvgIpc) is 2.47. The van der Waals surface area contributed by atoms with Crippen molar-refractivity contribution >= 4 is 22.5 Å². The number of benzene rings is 2. The first-order chi connectivity index (χ1) is 10.1. The van der Waals surface area contributed by atoms with Crippen molar-refractivity contribution in [2.45, 2.75) is 0 Å². The maximum atomic E-state index is 13.6. The number of hydrogen-bond acceptors (Lipinski definition) is 3. The lowest BCUT2D eigenvalue weighted by atomic mass is 10.1. The van der Waals surface area contributed by atoms with E-state index in [1.54, 1.807) is 6.07 Å². The summed E-state index contributed by atoms with van der Waals surface area (Å²) in [6.45, 7) is 0. The molecule has 3 rings (SSSR count). The minimum atomic E-state index is -0.777. The number of anilines is 1. The zero-order valence-electron chi connectivity index (χ0n) is 10.9. The summed E-state index contributed by atoms with van der Waals surface area (Å²) >= 11 is 0. The molecule has 0 spiro atoms. The molecule has 4 nitrogen and oxygen atoms in total. The number of carbonyl (C=O) groups is 1. The Morgan fingerprint density at radius 3 is 2.76 bits per heavy atom. The monoisotopic (exact) mass is 282 g/mol. The van der Waals surface area contributed by atoms with E-state index in [1.807, 2.05) is 24.3 Å². The molecule has 1 heterocycles. The van der Waals surface area contributed by atoms with Crippen LogP contribution in [0.15, 0.2) is 54.7 Å². The summed E-state index contributed by atoms with van der Waals surface area (Å²) in [7, 11) is 0. The number of hydrogen-bond donors (Lipinski definition) is 2. The number of phenols is 1. The number of aromatic hydroxyl groups is 1. The highest BCUT2D eigenvalue weighted by atomic mass is 19.1. The molecule has 2 aromatic carbocycles. The highest BCUT2D eigenvalue weighted by Gasteiger charge is 2.12. The van der Waals surface area contributed by atoms with E-state index >= 15 is 0 Å². The fraction of sp³-hybridized carbons (Fsp3) is 0. The molecule has 0 fully saturated rings. The van der Waals surface area contributed by atoms with Gasteiger partial charge in [0.1, 0.15) is 11.6 Å². The summed E-state index contributed by atoms with van der Waals surface area (Å²) in [5.74, 6) is -1.60. The van der Waals surface area contributed by atoms with Gasteiger partial charge in [0.2, 0.25) is 0 Å². The predicted molar refractivity (Wildman–Crippen MR) is 77.8 cm³/mol. The number of rotatable bonds is 2. The predicted octanol–water partition coefficient (Wildman–Crippen LogP) is 3.33. The summed E-state index contributed by atoms with van der Waals surface area (Å²) < 4.78 is 13.6. The van der Waals surface area contributed by atoms with Crippen molar-refractivity contribution < 1.29 is 14.3 Å². The van der Waals surface area contributed by atoms with Crippen LogP contribution < -0.4 is 5.32 Å². The van der Waals surface area contributed by atoms with Gasteiger partial charge in [-0.25, -0.2) is 4.39 Å². The van der Waals surface area contributed by atoms with Crippen molar-refractivity contribution in [2.75, 3.05) is 5.32 Å². The van der Waals surface area contributed by atoms with Crippen molar-refractivity contribution in [3.8, 4) is 5.75 Å². The molecule has 0 saturated heterocycles. The minimum Gasteiger partial charge on any atom is -0.508 e. The van der Waals surface area contributed by atoms with Crippen LogP contribution in [0.3, 0.4) is 0 Å². The van der Waals surface area contributed by atoms with Crippen molar-refractivity contribution in [3.63, 3.8) is 0 Å². The number of fused-ring (bicyclic) bond motifs is 1. The standard InChI is InChI=1S/C16H11FN2O2/c17-14-8-12(20)5-6-13(14)16(21)19-11-7-10-3-1-2-4-15(10)18-9-11/h1-9,20H,(H,19,21). The number of nitrogens with zero attached hydrogens (tertiary/aromatic N) is 1. The molecule has 2 N–H and O–H groups in total. The second-order valence-electron chi connectivity index (χ2n) is 4.53. The smallest absolute Gasteiger partial charge is 0.258 e. The number of nitrogens with one attached hydrogen (secondary N) is 1. The fourth-order valence-corrected chi connectivity index (χ4v) is 2.03. The van der Waals surface area contributed by atoms with Crippen molar-refractivity contribution in [1.29, 1.82) is 0 Å². The lowest BCUT2D eigenvalue weighted by Crippen LogP contribution is -2.13. The second-order valence-corrected chi connectivity index (χ2v) is 4.53. The number of amides is 1. The summed E-state index contributed by atoms with van der Waals surface area (Å²) in [5, 5.41) is 12.6. The van der Waals surface area contributed by atoms with Gasteiger partial charge in [-0.1, -0.05) is 18.2 Å². The third-order valence-electron chi connectivity index (χ3n) is 3.05. The molecule has 5 heteroatoms. The summed E-state index contributed by atoms with van der Waals surface area (Å²) in [6.07, 6.45) is 1.51. The normalized spacial score (nSPS) is 10.5. The fourth-order valence-electron chi connectivity index (χ4n) is 2.03. The topological polar surface area (TPSA) is 62.2 Å². The van der Waals surface area contributed by atoms with Crippen molar-refractivity contribution in [3.05, 3.63) is 66.1 Å². The Hall–Kier alpha value is -2.95. The van der Waals surface area contributed by atoms with E-state index in [0.717, 1.165) is 17.0 Å². The lowest BCUT2D eigenvalue weighted by Gasteiger charge is -2.07. The third kappa shape index (κ3) is 2.67. The molecule has 3 aromatic rings. The third-order valence-corrected chi connectivity index (χ3v) is 3.05. The van der Waals surface area contributed by atoms with Gasteiger partial charge in [0, 0.05) is 11.5 Å². The van der Waals surface area contributed by atoms with Crippen LogP contribution in [0.1, 0.15) is 10.4 Å². The molecule has 0 bridgehead atoms. The Kier molecular flexibility index (Phi) is 3.23. The Balaban J connectivity index is 1.89. The molecule has 104 valence electrons. The van der Waals surface area contributed by atoms with Gasteiger partial charge in [-0.15, -0.1) is 0 Å². The number of aromatic nitrogens is 1. The van der Waals surface area contributed by atoms with E-state index in [0.29, 0.717) is 5.69 Å². The van der Waals surface area contributed by atoms with Crippen LogP contribution in [0.2, 0.25) is 0 Å². The van der Waals surface area contributed by atoms with E-state index < -0.39 is 11.7 Å². The largest absolute Gasteiger partial charge is 0.508 e. The molecule has 21 heavy (non-hydrogen) atoms. The number of pyridine rings is 1. The first-order valence-corrected chi connectivity index (χ1v) is 6.28. The van der Waals surface area contributed by atoms with Gasteiger partial charge in [-0.05, 0) is 24.3 Å². The second kappa shape index (κ2) is 5.20. The molecule has 0 unspecified atom stereocenters. The Labute approximate surface area is 119 Å². The molecule has 1 amide bonds. The summed E-state index contributed by atoms with van der Waals surface area (Å²) in [5.41, 5.74) is 1.15. The highest BCUT2D eigenvalue weighted by molar-refractivity contribution is 6.05. The molecule has 0 atom stereocenters. The molecular weight excluding hydrogens is 271 g/mol. The van der Waals surface area contributed by atoms with E-state index in [4.69, 9.17) is 5.11 Å². The number of para-hydroxylation sites is 1. The van der Waals surface area contributed by atoms with Crippen LogP contribution in [0.4, 0.5) is 10.1 Å². The first-order valence-electron chi connectivity index (χ1n) is 6.28. The van der Waals surface area contributed by atoms with Crippen molar-refractivity contribution in [1.82, 2.24) is 4.98 Å². The Morgan fingerprint density at radius 2 is 1.95 bits per heavy atom. The number of halogens is 1. The zero-order valence-corrected chi connectivity index (χ0v) is 10.9. The maximum Gasteiger partial charge on any atom is 0.258 e. The quantitative estimate of drug-likeness (QED) is 0.757. The van der Waals surface area contributed by atoms with Crippen LogP contribution in [0.5, 0.6) is 5.75 Å². The average molecular weight is 282 g/mol. The summed E-state index contributed by atoms with van der Waals surface area (Å²) in [4.78, 5) is 16.2. The van der Waals surface area contributed by atoms with Gasteiger partial charge >= 0.3 is 0 Å². The SMILES string of the molecule is O=C(Nc1cnc2ccccc2c1)c1ccc(O)cc1F. The molecule has 0 aliphatic rings. The number of phenolic OH excluding ortho intramolecular Hbond substituents is 1. The lowest BCUT2D eigenvalue weighted by molar-refractivity contribution is 0.102. The molecule has 0 saturated carbocycles. The van der Waals surface area contributed by atoms with E-state index in [2.05, 4.69) is 10.3 Å². The van der Waals surface area contributed by atoms with Crippen LogP contribution in [0, 0.1) is 5.82 Å². The summed E-state index contributed by atoms with van der Waals surface area (Å²) in [6, 6.07) is 12.6. The van der Waals surface area contributed by atoms with E-state index in [9.17, 15) is 9.18 Å². The van der Waals surface area contributed by atoms with Gasteiger partial charge in [-0.3, -0.25) is 9.78 Å². The van der Waals surface area contributed by atoms with E-state index in [-0.39, 0.29) is 11.3 Å². The molecule has 1 aromatic heterocycles. The van der Waals surface area contributed by atoms with Gasteiger partial charge in [0.05, 0.1) is 23.0 Å². The molecular formula is C16H11FN2O2. The van der Waals surface area contributed by atoms with Gasteiger partial charge in [0.15, 0.2) is 0 Å². The van der Waals surface area contributed by atoms with Crippen molar-refractivity contribution in [2.24, 2.45) is 0 Å². The van der Waals surface area contributed by atoms with Crippen LogP contribution >= 0.6 is 0 Å². The van der Waals surface area contributed by atoms with Crippen LogP contribution in [0.25, 0.3) is 10.9 Å². The van der Waals surface area contributed by atoms with E-state index in [1.165, 1.54) is 18.3 Å². The molecule has 0 radical (unpaired) electrons. The van der Waals surface area contributed by atoms with Crippen LogP contribution in [-0.2, 0) is 0 Å². The van der Waals surface area contributed by atoms with Gasteiger partial charge in [-0.2, -0.15) is 0 Å². The van der Waals surface area contributed by atoms with Gasteiger partial charge in [0.25, 0.3) is 5.91 Å².